The first kappa shape index (κ1) is 29.1. The van der Waals surface area contributed by atoms with Gasteiger partial charge >= 0.3 is 6.09 Å². The number of carbonyl (C=O) groups is 2. The van der Waals surface area contributed by atoms with Gasteiger partial charge in [0.2, 0.25) is 17.8 Å². The van der Waals surface area contributed by atoms with Crippen molar-refractivity contribution in [2.24, 2.45) is 11.7 Å². The van der Waals surface area contributed by atoms with Gasteiger partial charge in [-0.15, -0.1) is 0 Å². The van der Waals surface area contributed by atoms with E-state index in [1.165, 1.54) is 12.1 Å². The summed E-state index contributed by atoms with van der Waals surface area (Å²) < 4.78 is 21.2. The lowest BCUT2D eigenvalue weighted by atomic mass is 9.85. The number of halogens is 3. The first-order valence-electron chi connectivity index (χ1n) is 13.8. The van der Waals surface area contributed by atoms with Crippen LogP contribution >= 0.6 is 23.2 Å². The number of aromatic nitrogens is 4. The largest absolute Gasteiger partial charge is 0.447 e. The van der Waals surface area contributed by atoms with Gasteiger partial charge in [0, 0.05) is 31.1 Å². The van der Waals surface area contributed by atoms with Crippen molar-refractivity contribution in [3.8, 4) is 0 Å². The van der Waals surface area contributed by atoms with Crippen molar-refractivity contribution >= 4 is 64.0 Å². The smallest absolute Gasteiger partial charge is 0.410 e. The summed E-state index contributed by atoms with van der Waals surface area (Å²) in [7, 11) is 0. The molecule has 0 radical (unpaired) electrons. The minimum Gasteiger partial charge on any atom is -0.447 e. The van der Waals surface area contributed by atoms with Gasteiger partial charge in [0.05, 0.1) is 28.0 Å². The third-order valence-electron chi connectivity index (χ3n) is 7.49. The van der Waals surface area contributed by atoms with E-state index in [4.69, 9.17) is 43.6 Å². The monoisotopic (exact) mass is 606 g/mol. The van der Waals surface area contributed by atoms with Crippen molar-refractivity contribution in [1.29, 1.82) is 0 Å². The second kappa shape index (κ2) is 12.2. The third-order valence-corrected chi connectivity index (χ3v) is 8.09. The van der Waals surface area contributed by atoms with Crippen LogP contribution in [0, 0.1) is 11.7 Å². The van der Waals surface area contributed by atoms with Crippen molar-refractivity contribution in [2.45, 2.75) is 70.6 Å². The maximum absolute atomic E-state index is 13.8. The number of ether oxygens (including phenoxy) is 1. The lowest BCUT2D eigenvalue weighted by Gasteiger charge is -2.33. The Bertz CT molecular complexity index is 1420. The van der Waals surface area contributed by atoms with Gasteiger partial charge in [-0.25, -0.2) is 19.2 Å². The lowest BCUT2D eigenvalue weighted by Crippen LogP contribution is -2.46. The van der Waals surface area contributed by atoms with E-state index >= 15 is 0 Å². The fourth-order valence-electron chi connectivity index (χ4n) is 5.51. The normalized spacial score (nSPS) is 21.2. The minimum atomic E-state index is -0.552. The van der Waals surface area contributed by atoms with Crippen molar-refractivity contribution in [1.82, 2.24) is 24.4 Å². The summed E-state index contributed by atoms with van der Waals surface area (Å²) in [6.07, 6.45) is 5.41. The van der Waals surface area contributed by atoms with E-state index in [0.29, 0.717) is 67.5 Å². The van der Waals surface area contributed by atoms with Crippen LogP contribution in [0.25, 0.3) is 11.2 Å². The molecular weight excluding hydrogens is 574 g/mol. The summed E-state index contributed by atoms with van der Waals surface area (Å²) in [6.45, 7) is 4.75. The molecule has 1 saturated carbocycles. The van der Waals surface area contributed by atoms with Crippen molar-refractivity contribution in [2.75, 3.05) is 23.7 Å². The molecule has 0 unspecified atom stereocenters. The van der Waals surface area contributed by atoms with Crippen LogP contribution in [0.2, 0.25) is 10.0 Å². The Hall–Kier alpha value is -3.38. The van der Waals surface area contributed by atoms with E-state index in [0.717, 1.165) is 12.8 Å². The molecule has 11 nitrogen and oxygen atoms in total. The molecule has 1 atom stereocenters. The van der Waals surface area contributed by atoms with Gasteiger partial charge in [-0.05, 0) is 64.5 Å². The van der Waals surface area contributed by atoms with Crippen LogP contribution in [0.5, 0.6) is 0 Å². The van der Waals surface area contributed by atoms with E-state index in [2.05, 4.69) is 15.6 Å². The number of hydrogen-bond acceptors (Lipinski definition) is 8. The van der Waals surface area contributed by atoms with Crippen LogP contribution in [0.1, 0.15) is 58.4 Å². The average molecular weight is 608 g/mol. The van der Waals surface area contributed by atoms with E-state index in [1.807, 2.05) is 18.4 Å². The molecule has 5 rings (SSSR count). The maximum Gasteiger partial charge on any atom is 0.410 e. The second-order valence-electron chi connectivity index (χ2n) is 10.8. The van der Waals surface area contributed by atoms with Gasteiger partial charge in [0.25, 0.3) is 0 Å². The first-order valence-corrected chi connectivity index (χ1v) is 14.5. The number of amides is 2. The number of primary amides is 1. The number of carbonyl (C=O) groups excluding carboxylic acids is 2. The Balaban J connectivity index is 1.45. The molecule has 2 amide bonds. The molecule has 3 aromatic rings. The Morgan fingerprint density at radius 1 is 1.12 bits per heavy atom. The molecule has 220 valence electrons. The number of hydrogen-bond donors (Lipinski definition) is 3. The molecule has 14 heteroatoms. The van der Waals surface area contributed by atoms with E-state index < -0.39 is 5.82 Å². The highest BCUT2D eigenvalue weighted by Gasteiger charge is 2.30. The molecule has 0 spiro atoms. The number of nitrogens with zero attached hydrogens (tertiary/aromatic N) is 5. The third kappa shape index (κ3) is 6.59. The SMILES string of the molecule is CC(C)OC(=O)N1CCC[C@@H](Nc2ncc3nc(Nc4c(Cl)cc(F)cc4Cl)n(C4CCC(C(N)=O)CC4)c3n2)C1. The number of nitrogens with two attached hydrogens (primary N) is 1. The van der Waals surface area contributed by atoms with Gasteiger partial charge in [0.15, 0.2) is 5.65 Å². The number of likely N-dealkylation sites (tertiary alicyclic amines) is 1. The quantitative estimate of drug-likeness (QED) is 0.313. The molecule has 1 saturated heterocycles. The summed E-state index contributed by atoms with van der Waals surface area (Å²) in [5.74, 6) is -0.205. The predicted molar refractivity (Wildman–Crippen MR) is 155 cm³/mol. The summed E-state index contributed by atoms with van der Waals surface area (Å²) in [5.41, 5.74) is 7.00. The summed E-state index contributed by atoms with van der Waals surface area (Å²) >= 11 is 12.6. The average Bonchev–Trinajstić information content (AvgIpc) is 3.27. The molecule has 1 aliphatic carbocycles. The van der Waals surface area contributed by atoms with Crippen molar-refractivity contribution in [3.63, 3.8) is 0 Å². The van der Waals surface area contributed by atoms with Crippen LogP contribution in [0.4, 0.5) is 26.8 Å². The molecule has 41 heavy (non-hydrogen) atoms. The van der Waals surface area contributed by atoms with Crippen LogP contribution in [0.15, 0.2) is 18.3 Å². The standard InChI is InChI=1S/C27H33Cl2FN8O3/c1-14(2)41-27(40)37-9-3-4-17(13-37)33-25-32-12-21-24(36-25)38(18-7-5-15(6-8-18)23(31)39)26(34-21)35-22-19(28)10-16(30)11-20(22)29/h10-12,14-15,17-18H,3-9,13H2,1-2H3,(H2,31,39)(H,34,35)(H,32,33,36)/t15?,17-,18?/m1/s1. The van der Waals surface area contributed by atoms with Crippen molar-refractivity contribution < 1.29 is 18.7 Å². The number of fused-ring (bicyclic) bond motifs is 1. The predicted octanol–water partition coefficient (Wildman–Crippen LogP) is 5.65. The number of nitrogens with one attached hydrogen (secondary N) is 2. The van der Waals surface area contributed by atoms with E-state index in [-0.39, 0.29) is 46.2 Å². The fraction of sp³-hybridized carbons (Fsp3) is 0.519. The van der Waals surface area contributed by atoms with Gasteiger partial charge in [-0.3, -0.25) is 9.36 Å². The molecule has 2 fully saturated rings. The van der Waals surface area contributed by atoms with Crippen LogP contribution < -0.4 is 16.4 Å². The molecule has 0 bridgehead atoms. The molecule has 1 aromatic carbocycles. The Kier molecular flexibility index (Phi) is 8.69. The highest BCUT2D eigenvalue weighted by atomic mass is 35.5. The first-order chi connectivity index (χ1) is 19.6. The highest BCUT2D eigenvalue weighted by molar-refractivity contribution is 6.39. The second-order valence-corrected chi connectivity index (χ2v) is 11.7. The van der Waals surface area contributed by atoms with Gasteiger partial charge in [0.1, 0.15) is 11.3 Å². The molecule has 4 N–H and O–H groups in total. The Morgan fingerprint density at radius 2 is 1.83 bits per heavy atom. The Morgan fingerprint density at radius 3 is 2.49 bits per heavy atom. The van der Waals surface area contributed by atoms with Crippen LogP contribution in [-0.2, 0) is 9.53 Å². The highest BCUT2D eigenvalue weighted by Crippen LogP contribution is 2.39. The summed E-state index contributed by atoms with van der Waals surface area (Å²) in [5, 5.41) is 6.76. The molecule has 1 aliphatic heterocycles. The molecular formula is C27H33Cl2FN8O3. The number of imidazole rings is 1. The molecule has 3 heterocycles. The zero-order valence-electron chi connectivity index (χ0n) is 22.9. The van der Waals surface area contributed by atoms with E-state index in [1.54, 1.807) is 11.1 Å². The van der Waals surface area contributed by atoms with Gasteiger partial charge in [-0.1, -0.05) is 23.2 Å². The number of benzene rings is 1. The Labute approximate surface area is 246 Å². The van der Waals surface area contributed by atoms with Gasteiger partial charge in [-0.2, -0.15) is 4.98 Å². The summed E-state index contributed by atoms with van der Waals surface area (Å²) in [6, 6.07) is 2.24. The number of anilines is 3. The van der Waals surface area contributed by atoms with Crippen LogP contribution in [0.3, 0.4) is 0 Å². The van der Waals surface area contributed by atoms with E-state index in [9.17, 15) is 14.0 Å². The maximum atomic E-state index is 13.8. The molecule has 2 aliphatic rings. The fourth-order valence-corrected chi connectivity index (χ4v) is 6.06. The zero-order chi connectivity index (χ0) is 29.3. The number of piperidine rings is 1. The summed E-state index contributed by atoms with van der Waals surface area (Å²) in [4.78, 5) is 40.0. The van der Waals surface area contributed by atoms with Crippen molar-refractivity contribution in [3.05, 3.63) is 34.2 Å². The topological polar surface area (TPSA) is 140 Å². The van der Waals surface area contributed by atoms with Gasteiger partial charge < -0.3 is 26.0 Å². The van der Waals surface area contributed by atoms with Crippen LogP contribution in [-0.4, -0.2) is 61.7 Å². The lowest BCUT2D eigenvalue weighted by molar-refractivity contribution is -0.122. The number of rotatable bonds is 7. The molecule has 2 aromatic heterocycles. The minimum absolute atomic E-state index is 0.0465. The zero-order valence-corrected chi connectivity index (χ0v) is 24.4.